The van der Waals surface area contributed by atoms with Crippen LogP contribution in [0.4, 0.5) is 43.7 Å². The molecule has 1 N–H and O–H groups in total. The van der Waals surface area contributed by atoms with Gasteiger partial charge in [0, 0.05) is 32.6 Å². The van der Waals surface area contributed by atoms with Crippen LogP contribution < -0.4 is 10.2 Å². The van der Waals surface area contributed by atoms with E-state index in [9.17, 15) is 26.3 Å². The minimum atomic E-state index is -4.74. The number of hydrogen-bond donors (Lipinski definition) is 1. The number of fused-ring (bicyclic) bond motifs is 1. The summed E-state index contributed by atoms with van der Waals surface area (Å²) in [7, 11) is 1.60. The summed E-state index contributed by atoms with van der Waals surface area (Å²) in [5.74, 6) is 0.194. The molecule has 4 aromatic heterocycles. The van der Waals surface area contributed by atoms with Gasteiger partial charge in [0.15, 0.2) is 11.5 Å². The van der Waals surface area contributed by atoms with Crippen molar-refractivity contribution in [2.24, 2.45) is 0 Å². The van der Waals surface area contributed by atoms with E-state index in [0.717, 1.165) is 24.4 Å². The Morgan fingerprint density at radius 2 is 1.69 bits per heavy atom. The molecule has 0 bridgehead atoms. The van der Waals surface area contributed by atoms with Gasteiger partial charge < -0.3 is 15.0 Å². The summed E-state index contributed by atoms with van der Waals surface area (Å²) in [6.07, 6.45) is -4.81. The van der Waals surface area contributed by atoms with Crippen LogP contribution >= 0.6 is 0 Å². The second-order valence-corrected chi connectivity index (χ2v) is 8.73. The molecular formula is C24H20F6N8O. The molecule has 0 radical (unpaired) electrons. The summed E-state index contributed by atoms with van der Waals surface area (Å²) in [5.41, 5.74) is -2.17. The first-order valence-electron chi connectivity index (χ1n) is 11.7. The van der Waals surface area contributed by atoms with Gasteiger partial charge in [-0.05, 0) is 37.1 Å². The molecule has 1 aliphatic heterocycles. The lowest BCUT2D eigenvalue weighted by Crippen LogP contribution is -2.37. The molecule has 0 saturated carbocycles. The topological polar surface area (TPSA) is 102 Å². The molecule has 5 rings (SSSR count). The normalized spacial score (nSPS) is 15.1. The van der Waals surface area contributed by atoms with Gasteiger partial charge in [-0.25, -0.2) is 19.9 Å². The van der Waals surface area contributed by atoms with Gasteiger partial charge in [0.05, 0.1) is 29.1 Å². The zero-order valence-corrected chi connectivity index (χ0v) is 20.3. The summed E-state index contributed by atoms with van der Waals surface area (Å²) in [5, 5.41) is 10.7. The predicted molar refractivity (Wildman–Crippen MR) is 128 cm³/mol. The summed E-state index contributed by atoms with van der Waals surface area (Å²) in [6.45, 7) is 0.959. The van der Waals surface area contributed by atoms with Crippen LogP contribution in [-0.4, -0.2) is 56.4 Å². The number of methoxy groups -OCH3 is 1. The van der Waals surface area contributed by atoms with Crippen LogP contribution in [0.15, 0.2) is 42.9 Å². The van der Waals surface area contributed by atoms with Crippen LogP contribution in [0.5, 0.6) is 0 Å². The minimum Gasteiger partial charge on any atom is -0.381 e. The number of piperidine rings is 1. The lowest BCUT2D eigenvalue weighted by molar-refractivity contribution is -0.138. The zero-order valence-electron chi connectivity index (χ0n) is 20.3. The standard InChI is InChI=1S/C24H20F6N8O/c1-39-14-5-8-38(9-6-14)19-10-15(24(28,29)30)20(37-36-19)17-12-33-21-16(4-7-31-22(21)35-17)34-18-3-2-13(11-32-18)23(25,26)27/h2-4,7,10-12,14H,5-6,8-9H2,1H3,(H,31,32,34,35). The highest BCUT2D eigenvalue weighted by molar-refractivity contribution is 5.87. The second-order valence-electron chi connectivity index (χ2n) is 8.73. The maximum Gasteiger partial charge on any atom is 0.418 e. The lowest BCUT2D eigenvalue weighted by Gasteiger charge is -2.32. The number of pyridine rings is 2. The van der Waals surface area contributed by atoms with E-state index in [1.165, 1.54) is 12.3 Å². The highest BCUT2D eigenvalue weighted by atomic mass is 19.4. The Morgan fingerprint density at radius 3 is 2.33 bits per heavy atom. The number of aromatic nitrogens is 6. The maximum atomic E-state index is 14.1. The van der Waals surface area contributed by atoms with Gasteiger partial charge in [0.25, 0.3) is 0 Å². The third-order valence-electron chi connectivity index (χ3n) is 6.23. The fraction of sp³-hybridized carbons (Fsp3) is 0.333. The minimum absolute atomic E-state index is 0.00921. The number of nitrogens with zero attached hydrogens (tertiary/aromatic N) is 7. The molecule has 0 atom stereocenters. The molecule has 0 unspecified atom stereocenters. The van der Waals surface area contributed by atoms with Crippen LogP contribution in [0, 0.1) is 0 Å². The quantitative estimate of drug-likeness (QED) is 0.333. The molecule has 1 saturated heterocycles. The average molecular weight is 550 g/mol. The number of anilines is 3. The van der Waals surface area contributed by atoms with Crippen molar-refractivity contribution in [2.75, 3.05) is 30.4 Å². The van der Waals surface area contributed by atoms with Crippen molar-refractivity contribution in [3.8, 4) is 11.4 Å². The molecule has 204 valence electrons. The Balaban J connectivity index is 1.45. The van der Waals surface area contributed by atoms with E-state index in [-0.39, 0.29) is 34.6 Å². The van der Waals surface area contributed by atoms with E-state index in [4.69, 9.17) is 4.74 Å². The summed E-state index contributed by atoms with van der Waals surface area (Å²) >= 11 is 0. The Morgan fingerprint density at radius 1 is 0.923 bits per heavy atom. The number of ether oxygens (including phenoxy) is 1. The summed E-state index contributed by atoms with van der Waals surface area (Å²) < 4.78 is 85.9. The summed E-state index contributed by atoms with van der Waals surface area (Å²) in [6, 6.07) is 4.44. The number of hydrogen-bond acceptors (Lipinski definition) is 9. The predicted octanol–water partition coefficient (Wildman–Crippen LogP) is 5.27. The Bertz CT molecular complexity index is 1470. The van der Waals surface area contributed by atoms with E-state index >= 15 is 0 Å². The van der Waals surface area contributed by atoms with Crippen LogP contribution in [0.3, 0.4) is 0 Å². The molecule has 0 aromatic carbocycles. The number of rotatable bonds is 5. The third-order valence-corrected chi connectivity index (χ3v) is 6.23. The van der Waals surface area contributed by atoms with Gasteiger partial charge >= 0.3 is 12.4 Å². The van der Waals surface area contributed by atoms with Gasteiger partial charge in [0.2, 0.25) is 0 Å². The molecule has 9 nitrogen and oxygen atoms in total. The fourth-order valence-electron chi connectivity index (χ4n) is 4.17. The number of alkyl halides is 6. The largest absolute Gasteiger partial charge is 0.418 e. The van der Waals surface area contributed by atoms with Gasteiger partial charge in [-0.1, -0.05) is 0 Å². The van der Waals surface area contributed by atoms with Gasteiger partial charge in [0.1, 0.15) is 22.7 Å². The molecule has 39 heavy (non-hydrogen) atoms. The first kappa shape index (κ1) is 26.5. The average Bonchev–Trinajstić information content (AvgIpc) is 2.92. The van der Waals surface area contributed by atoms with Crippen molar-refractivity contribution in [2.45, 2.75) is 31.3 Å². The first-order valence-corrected chi connectivity index (χ1v) is 11.7. The SMILES string of the molecule is COC1CCN(c2cc(C(F)(F)F)c(-c3cnc4c(Nc5ccc(C(F)(F)F)cn5)ccnc4n3)nn2)CC1. The van der Waals surface area contributed by atoms with Crippen LogP contribution in [-0.2, 0) is 17.1 Å². The van der Waals surface area contributed by atoms with E-state index in [2.05, 4.69) is 35.5 Å². The molecule has 1 fully saturated rings. The van der Waals surface area contributed by atoms with Crippen molar-refractivity contribution in [3.63, 3.8) is 0 Å². The molecule has 0 spiro atoms. The maximum absolute atomic E-state index is 14.1. The Kier molecular flexibility index (Phi) is 6.92. The highest BCUT2D eigenvalue weighted by Crippen LogP contribution is 2.37. The molecule has 0 aliphatic carbocycles. The third kappa shape index (κ3) is 5.67. The molecule has 1 aliphatic rings. The number of nitrogens with one attached hydrogen (secondary N) is 1. The molecule has 15 heteroatoms. The molecular weight excluding hydrogens is 530 g/mol. The van der Waals surface area contributed by atoms with Crippen LogP contribution in [0.2, 0.25) is 0 Å². The summed E-state index contributed by atoms with van der Waals surface area (Å²) in [4.78, 5) is 18.0. The second kappa shape index (κ2) is 10.2. The molecule has 5 heterocycles. The van der Waals surface area contributed by atoms with Crippen molar-refractivity contribution in [1.82, 2.24) is 30.1 Å². The molecule has 0 amide bonds. The van der Waals surface area contributed by atoms with Gasteiger partial charge in [-0.2, -0.15) is 26.3 Å². The monoisotopic (exact) mass is 550 g/mol. The Labute approximate surface area is 217 Å². The van der Waals surface area contributed by atoms with Crippen molar-refractivity contribution in [3.05, 3.63) is 54.0 Å². The van der Waals surface area contributed by atoms with Gasteiger partial charge in [-0.15, -0.1) is 10.2 Å². The van der Waals surface area contributed by atoms with E-state index in [0.29, 0.717) is 37.8 Å². The smallest absolute Gasteiger partial charge is 0.381 e. The van der Waals surface area contributed by atoms with Crippen LogP contribution in [0.1, 0.15) is 24.0 Å². The zero-order chi connectivity index (χ0) is 27.8. The fourth-order valence-corrected chi connectivity index (χ4v) is 4.17. The van der Waals surface area contributed by atoms with Crippen molar-refractivity contribution in [1.29, 1.82) is 0 Å². The van der Waals surface area contributed by atoms with E-state index in [1.807, 2.05) is 0 Å². The first-order chi connectivity index (χ1) is 18.5. The Hall–Kier alpha value is -4.14. The van der Waals surface area contributed by atoms with Crippen molar-refractivity contribution >= 4 is 28.5 Å². The highest BCUT2D eigenvalue weighted by Gasteiger charge is 2.37. The van der Waals surface area contributed by atoms with Crippen LogP contribution in [0.25, 0.3) is 22.6 Å². The molecule has 4 aromatic rings. The van der Waals surface area contributed by atoms with E-state index < -0.39 is 29.2 Å². The van der Waals surface area contributed by atoms with E-state index in [1.54, 1.807) is 12.0 Å². The lowest BCUT2D eigenvalue weighted by atomic mass is 10.1. The number of halogens is 6. The van der Waals surface area contributed by atoms with Gasteiger partial charge in [-0.3, -0.25) is 0 Å². The van der Waals surface area contributed by atoms with Crippen molar-refractivity contribution < 1.29 is 31.1 Å².